The number of ether oxygens (including phenoxy) is 1. The van der Waals surface area contributed by atoms with Gasteiger partial charge in [-0.1, -0.05) is 5.16 Å². The van der Waals surface area contributed by atoms with Crippen LogP contribution in [0.15, 0.2) is 27.4 Å². The summed E-state index contributed by atoms with van der Waals surface area (Å²) in [6.45, 7) is 2.23. The maximum atomic E-state index is 11.9. The highest BCUT2D eigenvalue weighted by molar-refractivity contribution is 7.07. The first-order chi connectivity index (χ1) is 10.3. The smallest absolute Gasteiger partial charge is 0.226 e. The third kappa shape index (κ3) is 4.15. The minimum absolute atomic E-state index is 0.0164. The zero-order chi connectivity index (χ0) is 14.5. The summed E-state index contributed by atoms with van der Waals surface area (Å²) in [4.78, 5) is 11.9. The molecule has 1 aliphatic rings. The normalized spacial score (nSPS) is 18.0. The number of hydrogen-bond donors (Lipinski definition) is 1. The number of aromatic nitrogens is 1. The summed E-state index contributed by atoms with van der Waals surface area (Å²) < 4.78 is 10.6. The summed E-state index contributed by atoms with van der Waals surface area (Å²) in [6.07, 6.45) is 2.01. The largest absolute Gasteiger partial charge is 0.381 e. The number of thiophene rings is 1. The molecule has 0 aliphatic carbocycles. The number of carbonyl (C=O) groups excluding carboxylic acids is 1. The monoisotopic (exact) mass is 306 g/mol. The highest BCUT2D eigenvalue weighted by atomic mass is 32.1. The van der Waals surface area contributed by atoms with Gasteiger partial charge in [0.05, 0.1) is 18.7 Å². The molecule has 112 valence electrons. The zero-order valence-electron chi connectivity index (χ0n) is 11.7. The highest BCUT2D eigenvalue weighted by Gasteiger charge is 2.17. The van der Waals surface area contributed by atoms with E-state index in [2.05, 4.69) is 21.9 Å². The molecule has 1 amide bonds. The molecule has 0 saturated carbocycles. The van der Waals surface area contributed by atoms with Gasteiger partial charge in [0.2, 0.25) is 5.91 Å². The second-order valence-electron chi connectivity index (χ2n) is 5.30. The summed E-state index contributed by atoms with van der Waals surface area (Å²) >= 11 is 1.66. The van der Waals surface area contributed by atoms with Crippen molar-refractivity contribution in [3.63, 3.8) is 0 Å². The summed E-state index contributed by atoms with van der Waals surface area (Å²) in [5.74, 6) is 1.22. The quantitative estimate of drug-likeness (QED) is 0.887. The molecule has 3 heterocycles. The van der Waals surface area contributed by atoms with Crippen molar-refractivity contribution in [2.75, 3.05) is 19.8 Å². The molecule has 1 aliphatic heterocycles. The third-order valence-corrected chi connectivity index (χ3v) is 4.25. The van der Waals surface area contributed by atoms with Crippen LogP contribution in [0.3, 0.4) is 0 Å². The molecule has 2 aromatic rings. The van der Waals surface area contributed by atoms with Gasteiger partial charge in [-0.2, -0.15) is 11.3 Å². The molecule has 6 heteroatoms. The van der Waals surface area contributed by atoms with E-state index in [1.54, 1.807) is 11.3 Å². The third-order valence-electron chi connectivity index (χ3n) is 3.52. The first kappa shape index (κ1) is 14.3. The molecule has 0 bridgehead atoms. The summed E-state index contributed by atoms with van der Waals surface area (Å²) in [6, 6.07) is 3.92. The van der Waals surface area contributed by atoms with Crippen molar-refractivity contribution in [1.82, 2.24) is 10.5 Å². The predicted octanol–water partition coefficient (Wildman–Crippen LogP) is 2.02. The summed E-state index contributed by atoms with van der Waals surface area (Å²) in [5, 5.41) is 11.0. The first-order valence-corrected chi connectivity index (χ1v) is 8.04. The molecule has 5 nitrogen and oxygen atoms in total. The van der Waals surface area contributed by atoms with Crippen LogP contribution in [0.2, 0.25) is 0 Å². The van der Waals surface area contributed by atoms with E-state index in [4.69, 9.17) is 9.26 Å². The Kier molecular flexibility index (Phi) is 4.67. The van der Waals surface area contributed by atoms with Gasteiger partial charge in [-0.05, 0) is 28.8 Å². The van der Waals surface area contributed by atoms with Crippen molar-refractivity contribution in [2.45, 2.75) is 19.3 Å². The maximum absolute atomic E-state index is 11.9. The van der Waals surface area contributed by atoms with Gasteiger partial charge in [-0.15, -0.1) is 0 Å². The van der Waals surface area contributed by atoms with E-state index in [9.17, 15) is 4.79 Å². The zero-order valence-corrected chi connectivity index (χ0v) is 12.5. The van der Waals surface area contributed by atoms with Gasteiger partial charge in [0.25, 0.3) is 0 Å². The molecule has 3 rings (SSSR count). The molecule has 1 N–H and O–H groups in total. The molecule has 1 unspecified atom stereocenters. The van der Waals surface area contributed by atoms with Gasteiger partial charge < -0.3 is 14.6 Å². The molecular weight excluding hydrogens is 288 g/mol. The van der Waals surface area contributed by atoms with Crippen molar-refractivity contribution in [2.24, 2.45) is 5.92 Å². The van der Waals surface area contributed by atoms with Crippen LogP contribution in [0.25, 0.3) is 0 Å². The second kappa shape index (κ2) is 6.87. The van der Waals surface area contributed by atoms with Gasteiger partial charge in [-0.25, -0.2) is 0 Å². The van der Waals surface area contributed by atoms with Crippen molar-refractivity contribution in [3.8, 4) is 0 Å². The average Bonchev–Trinajstić information content (AvgIpc) is 3.19. The Bertz CT molecular complexity index is 574. The number of hydrogen-bond acceptors (Lipinski definition) is 5. The van der Waals surface area contributed by atoms with Crippen LogP contribution < -0.4 is 5.32 Å². The molecule has 0 radical (unpaired) electrons. The minimum atomic E-state index is -0.0164. The molecular formula is C15H18N2O3S. The van der Waals surface area contributed by atoms with Gasteiger partial charge in [0.15, 0.2) is 0 Å². The fourth-order valence-corrected chi connectivity index (χ4v) is 3.01. The van der Waals surface area contributed by atoms with Gasteiger partial charge in [0, 0.05) is 31.6 Å². The van der Waals surface area contributed by atoms with E-state index in [0.717, 1.165) is 31.8 Å². The van der Waals surface area contributed by atoms with Crippen molar-refractivity contribution in [1.29, 1.82) is 0 Å². The number of rotatable bonds is 6. The molecule has 1 saturated heterocycles. The Morgan fingerprint density at radius 1 is 1.52 bits per heavy atom. The topological polar surface area (TPSA) is 64.4 Å². The fraction of sp³-hybridized carbons (Fsp3) is 0.467. The molecule has 0 spiro atoms. The minimum Gasteiger partial charge on any atom is -0.381 e. The highest BCUT2D eigenvalue weighted by Crippen LogP contribution is 2.14. The SMILES string of the molecule is O=C(Cc1cc(Cc2ccsc2)on1)NCC1CCOC1. The van der Waals surface area contributed by atoms with Gasteiger partial charge >= 0.3 is 0 Å². The number of carbonyl (C=O) groups is 1. The standard InChI is InChI=1S/C15H18N2O3S/c18-15(16-8-12-1-3-19-9-12)7-13-6-14(20-17-13)5-11-2-4-21-10-11/h2,4,6,10,12H,1,3,5,7-9H2,(H,16,18). The Balaban J connectivity index is 1.46. The van der Waals surface area contributed by atoms with Crippen molar-refractivity contribution < 1.29 is 14.1 Å². The molecule has 1 atom stereocenters. The molecule has 0 aromatic carbocycles. The number of nitrogens with one attached hydrogen (secondary N) is 1. The Labute approximate surface area is 127 Å². The lowest BCUT2D eigenvalue weighted by Gasteiger charge is -2.08. The van der Waals surface area contributed by atoms with E-state index in [0.29, 0.717) is 18.2 Å². The number of nitrogens with zero attached hydrogens (tertiary/aromatic N) is 1. The Morgan fingerprint density at radius 3 is 3.24 bits per heavy atom. The van der Waals surface area contributed by atoms with E-state index < -0.39 is 0 Å². The lowest BCUT2D eigenvalue weighted by Crippen LogP contribution is -2.30. The Hall–Kier alpha value is -1.66. The second-order valence-corrected chi connectivity index (χ2v) is 6.08. The van der Waals surface area contributed by atoms with Crippen LogP contribution in [0.5, 0.6) is 0 Å². The predicted molar refractivity (Wildman–Crippen MR) is 79.3 cm³/mol. The number of amides is 1. The van der Waals surface area contributed by atoms with Crippen LogP contribution in [-0.2, 0) is 22.4 Å². The molecule has 2 aromatic heterocycles. The first-order valence-electron chi connectivity index (χ1n) is 7.09. The van der Waals surface area contributed by atoms with Crippen LogP contribution in [0, 0.1) is 5.92 Å². The molecule has 21 heavy (non-hydrogen) atoms. The van der Waals surface area contributed by atoms with Crippen molar-refractivity contribution >= 4 is 17.2 Å². The van der Waals surface area contributed by atoms with Gasteiger partial charge in [-0.3, -0.25) is 4.79 Å². The van der Waals surface area contributed by atoms with Crippen LogP contribution in [0.4, 0.5) is 0 Å². The summed E-state index contributed by atoms with van der Waals surface area (Å²) in [7, 11) is 0. The maximum Gasteiger partial charge on any atom is 0.226 e. The molecule has 1 fully saturated rings. The van der Waals surface area contributed by atoms with E-state index >= 15 is 0 Å². The average molecular weight is 306 g/mol. The van der Waals surface area contributed by atoms with E-state index in [-0.39, 0.29) is 12.3 Å². The van der Waals surface area contributed by atoms with Crippen molar-refractivity contribution in [3.05, 3.63) is 39.9 Å². The summed E-state index contributed by atoms with van der Waals surface area (Å²) in [5.41, 5.74) is 1.88. The Morgan fingerprint density at radius 2 is 2.48 bits per heavy atom. The van der Waals surface area contributed by atoms with E-state index in [1.807, 2.05) is 11.4 Å². The lowest BCUT2D eigenvalue weighted by molar-refractivity contribution is -0.120. The van der Waals surface area contributed by atoms with Crippen LogP contribution in [-0.4, -0.2) is 30.8 Å². The van der Waals surface area contributed by atoms with Gasteiger partial charge in [0.1, 0.15) is 5.76 Å². The van der Waals surface area contributed by atoms with E-state index in [1.165, 1.54) is 5.56 Å². The van der Waals surface area contributed by atoms with Crippen LogP contribution >= 0.6 is 11.3 Å². The van der Waals surface area contributed by atoms with Crippen LogP contribution in [0.1, 0.15) is 23.4 Å². The lowest BCUT2D eigenvalue weighted by atomic mass is 10.1. The fourth-order valence-electron chi connectivity index (χ4n) is 2.35.